The van der Waals surface area contributed by atoms with Crippen LogP contribution in [0.4, 0.5) is 0 Å². The highest BCUT2D eigenvalue weighted by atomic mass is 16.1. The van der Waals surface area contributed by atoms with Gasteiger partial charge in [0.1, 0.15) is 5.52 Å². The minimum Gasteiger partial charge on any atom is -0.310 e. The fraction of sp³-hybridized carbons (Fsp3) is 0.333. The van der Waals surface area contributed by atoms with Gasteiger partial charge in [0.15, 0.2) is 11.2 Å². The van der Waals surface area contributed by atoms with E-state index in [2.05, 4.69) is 22.2 Å². The second-order valence-corrected chi connectivity index (χ2v) is 7.45. The zero-order chi connectivity index (χ0) is 18.4. The van der Waals surface area contributed by atoms with Crippen molar-refractivity contribution >= 4 is 16.7 Å². The van der Waals surface area contributed by atoms with Gasteiger partial charge in [-0.2, -0.15) is 5.10 Å². The molecule has 3 aromatic heterocycles. The predicted octanol–water partition coefficient (Wildman–Crippen LogP) is 3.86. The first kappa shape index (κ1) is 16.2. The van der Waals surface area contributed by atoms with Crippen LogP contribution in [0, 0.1) is 5.92 Å². The highest BCUT2D eigenvalue weighted by molar-refractivity contribution is 5.82. The molecule has 6 nitrogen and oxygen atoms in total. The summed E-state index contributed by atoms with van der Waals surface area (Å²) in [7, 11) is 0. The average molecular weight is 359 g/mol. The fourth-order valence-electron chi connectivity index (χ4n) is 4.30. The molecule has 0 bridgehead atoms. The number of fused-ring (bicyclic) bond motifs is 3. The fourth-order valence-corrected chi connectivity index (χ4v) is 4.30. The first-order chi connectivity index (χ1) is 13.2. The Morgan fingerprint density at radius 2 is 1.85 bits per heavy atom. The second-order valence-electron chi connectivity index (χ2n) is 7.45. The summed E-state index contributed by atoms with van der Waals surface area (Å²) in [5.74, 6) is 0.500. The molecule has 1 aliphatic rings. The Labute approximate surface area is 156 Å². The van der Waals surface area contributed by atoms with E-state index in [-0.39, 0.29) is 11.6 Å². The molecule has 2 unspecified atom stereocenters. The van der Waals surface area contributed by atoms with E-state index in [0.717, 1.165) is 17.5 Å². The van der Waals surface area contributed by atoms with Gasteiger partial charge in [0.2, 0.25) is 0 Å². The molecular formula is C21H21N5O. The zero-order valence-corrected chi connectivity index (χ0v) is 15.2. The van der Waals surface area contributed by atoms with Gasteiger partial charge < -0.3 is 4.57 Å². The normalized spacial score (nSPS) is 20.3. The summed E-state index contributed by atoms with van der Waals surface area (Å²) in [5, 5.41) is 13.1. The van der Waals surface area contributed by atoms with Gasteiger partial charge >= 0.3 is 0 Å². The van der Waals surface area contributed by atoms with Gasteiger partial charge in [0.05, 0.1) is 6.20 Å². The maximum atomic E-state index is 13.1. The molecule has 2 atom stereocenters. The van der Waals surface area contributed by atoms with Crippen LogP contribution in [0.2, 0.25) is 0 Å². The number of hydrogen-bond acceptors (Lipinski definition) is 4. The largest absolute Gasteiger partial charge is 0.310 e. The lowest BCUT2D eigenvalue weighted by Crippen LogP contribution is -2.31. The van der Waals surface area contributed by atoms with Crippen LogP contribution in [-0.4, -0.2) is 24.4 Å². The van der Waals surface area contributed by atoms with E-state index in [1.807, 2.05) is 47.2 Å². The lowest BCUT2D eigenvalue weighted by molar-refractivity contribution is 0.253. The summed E-state index contributed by atoms with van der Waals surface area (Å²) in [4.78, 5) is 13.1. The Morgan fingerprint density at radius 3 is 2.67 bits per heavy atom. The summed E-state index contributed by atoms with van der Waals surface area (Å²) < 4.78 is 3.58. The van der Waals surface area contributed by atoms with Crippen molar-refractivity contribution in [3.8, 4) is 11.1 Å². The third kappa shape index (κ3) is 2.55. The van der Waals surface area contributed by atoms with Gasteiger partial charge in [0, 0.05) is 17.8 Å². The molecule has 1 aromatic carbocycles. The molecular weight excluding hydrogens is 338 g/mol. The van der Waals surface area contributed by atoms with Crippen LogP contribution in [-0.2, 0) is 0 Å². The van der Waals surface area contributed by atoms with E-state index in [1.165, 1.54) is 19.3 Å². The van der Waals surface area contributed by atoms with Crippen molar-refractivity contribution in [2.75, 3.05) is 0 Å². The number of rotatable bonds is 2. The maximum Gasteiger partial charge on any atom is 0.280 e. The quantitative estimate of drug-likeness (QED) is 0.545. The van der Waals surface area contributed by atoms with Gasteiger partial charge in [-0.25, -0.2) is 4.52 Å². The zero-order valence-electron chi connectivity index (χ0n) is 15.2. The van der Waals surface area contributed by atoms with Crippen molar-refractivity contribution in [3.05, 3.63) is 59.1 Å². The smallest absolute Gasteiger partial charge is 0.280 e. The third-order valence-corrected chi connectivity index (χ3v) is 5.80. The van der Waals surface area contributed by atoms with E-state index in [4.69, 9.17) is 0 Å². The van der Waals surface area contributed by atoms with Crippen LogP contribution in [0.25, 0.3) is 27.8 Å². The van der Waals surface area contributed by atoms with Crippen LogP contribution in [0.1, 0.15) is 38.6 Å². The lowest BCUT2D eigenvalue weighted by atomic mass is 9.85. The van der Waals surface area contributed by atoms with Crippen LogP contribution in [0.15, 0.2) is 53.6 Å². The van der Waals surface area contributed by atoms with Crippen LogP contribution >= 0.6 is 0 Å². The molecule has 4 aromatic rings. The van der Waals surface area contributed by atoms with Crippen LogP contribution in [0.3, 0.4) is 0 Å². The Morgan fingerprint density at radius 1 is 1.04 bits per heavy atom. The molecule has 136 valence electrons. The minimum atomic E-state index is -0.0718. The molecule has 0 amide bonds. The standard InChI is InChI=1S/C21H21N5O/c1-14-7-5-6-10-17(14)25-12-11-18-19(21(25)27)23-24-20-16(13-22-26(18)20)15-8-3-2-4-9-15/h2-4,8-9,11-14,17H,5-7,10H2,1H3. The van der Waals surface area contributed by atoms with E-state index >= 15 is 0 Å². The van der Waals surface area contributed by atoms with Crippen LogP contribution in [0.5, 0.6) is 0 Å². The van der Waals surface area contributed by atoms with Crippen molar-refractivity contribution in [1.82, 2.24) is 24.4 Å². The van der Waals surface area contributed by atoms with Gasteiger partial charge in [-0.05, 0) is 30.4 Å². The molecule has 6 heteroatoms. The summed E-state index contributed by atoms with van der Waals surface area (Å²) in [5.41, 5.74) is 3.62. The summed E-state index contributed by atoms with van der Waals surface area (Å²) in [6, 6.07) is 12.2. The number of aromatic nitrogens is 5. The number of nitrogens with zero attached hydrogens (tertiary/aromatic N) is 5. The summed E-state index contributed by atoms with van der Waals surface area (Å²) in [6.45, 7) is 2.23. The summed E-state index contributed by atoms with van der Waals surface area (Å²) >= 11 is 0. The molecule has 0 radical (unpaired) electrons. The predicted molar refractivity (Wildman–Crippen MR) is 105 cm³/mol. The molecule has 0 saturated heterocycles. The summed E-state index contributed by atoms with van der Waals surface area (Å²) in [6.07, 6.45) is 8.32. The molecule has 0 N–H and O–H groups in total. The van der Waals surface area contributed by atoms with Gasteiger partial charge in [0.25, 0.3) is 5.56 Å². The lowest BCUT2D eigenvalue weighted by Gasteiger charge is -2.30. The molecule has 1 aliphatic carbocycles. The molecule has 0 spiro atoms. The third-order valence-electron chi connectivity index (χ3n) is 5.80. The second kappa shape index (κ2) is 6.30. The number of benzene rings is 1. The number of hydrogen-bond donors (Lipinski definition) is 0. The van der Waals surface area contributed by atoms with E-state index in [9.17, 15) is 4.79 Å². The Kier molecular flexibility index (Phi) is 3.77. The van der Waals surface area contributed by atoms with Gasteiger partial charge in [-0.3, -0.25) is 4.79 Å². The molecule has 1 saturated carbocycles. The molecule has 0 aliphatic heterocycles. The molecule has 27 heavy (non-hydrogen) atoms. The average Bonchev–Trinajstić information content (AvgIpc) is 3.14. The highest BCUT2D eigenvalue weighted by Crippen LogP contribution is 2.33. The Hall–Kier alpha value is -3.02. The van der Waals surface area contributed by atoms with Crippen molar-refractivity contribution < 1.29 is 0 Å². The Balaban J connectivity index is 1.68. The van der Waals surface area contributed by atoms with E-state index in [1.54, 1.807) is 10.7 Å². The van der Waals surface area contributed by atoms with E-state index < -0.39 is 0 Å². The highest BCUT2D eigenvalue weighted by Gasteiger charge is 2.25. The number of pyridine rings is 1. The molecule has 5 rings (SSSR count). The minimum absolute atomic E-state index is 0.0718. The SMILES string of the molecule is CC1CCCCC1n1ccc2c(nnc3c(-c4ccccc4)cnn32)c1=O. The van der Waals surface area contributed by atoms with Crippen molar-refractivity contribution in [3.63, 3.8) is 0 Å². The topological polar surface area (TPSA) is 65.1 Å². The van der Waals surface area contributed by atoms with Crippen molar-refractivity contribution in [2.45, 2.75) is 38.6 Å². The van der Waals surface area contributed by atoms with Gasteiger partial charge in [-0.1, -0.05) is 50.1 Å². The molecule has 1 fully saturated rings. The first-order valence-corrected chi connectivity index (χ1v) is 9.55. The first-order valence-electron chi connectivity index (χ1n) is 9.55. The Bertz CT molecular complexity index is 1180. The van der Waals surface area contributed by atoms with E-state index in [0.29, 0.717) is 22.6 Å². The van der Waals surface area contributed by atoms with Crippen LogP contribution < -0.4 is 5.56 Å². The van der Waals surface area contributed by atoms with Gasteiger partial charge in [-0.15, -0.1) is 10.2 Å². The maximum absolute atomic E-state index is 13.1. The van der Waals surface area contributed by atoms with Crippen molar-refractivity contribution in [1.29, 1.82) is 0 Å². The monoisotopic (exact) mass is 359 g/mol. The molecule has 3 heterocycles. The van der Waals surface area contributed by atoms with Crippen molar-refractivity contribution in [2.24, 2.45) is 5.92 Å².